The van der Waals surface area contributed by atoms with Gasteiger partial charge in [-0.1, -0.05) is 5.92 Å². The highest BCUT2D eigenvalue weighted by atomic mass is 32.2. The second-order valence-electron chi connectivity index (χ2n) is 3.25. The Labute approximate surface area is 89.6 Å². The Hall–Kier alpha value is -1.32. The predicted octanol–water partition coefficient (Wildman–Crippen LogP) is 0.0285. The fourth-order valence-electron chi connectivity index (χ4n) is 0.983. The smallest absolute Gasteiger partial charge is 0.260 e. The average molecular weight is 227 g/mol. The molecular weight excluding hydrogens is 214 g/mol. The van der Waals surface area contributed by atoms with Gasteiger partial charge in [-0.2, -0.15) is 4.72 Å². The molecule has 0 aliphatic heterocycles. The van der Waals surface area contributed by atoms with Crippen LogP contribution in [0.4, 0.5) is 0 Å². The molecule has 0 saturated carbocycles. The molecule has 5 nitrogen and oxygen atoms in total. The van der Waals surface area contributed by atoms with E-state index in [-0.39, 0.29) is 5.03 Å². The van der Waals surface area contributed by atoms with Gasteiger partial charge in [0.25, 0.3) is 10.0 Å². The molecule has 1 atom stereocenters. The molecule has 0 aliphatic carbocycles. The van der Waals surface area contributed by atoms with Crippen molar-refractivity contribution in [1.29, 1.82) is 0 Å². The number of nitrogens with zero attached hydrogens (tertiary/aromatic N) is 2. The highest BCUT2D eigenvalue weighted by Crippen LogP contribution is 2.07. The minimum Gasteiger partial charge on any atom is -0.337 e. The molecule has 1 aromatic heterocycles. The normalized spacial score (nSPS) is 13.5. The van der Waals surface area contributed by atoms with Crippen molar-refractivity contribution < 1.29 is 8.42 Å². The summed E-state index contributed by atoms with van der Waals surface area (Å²) < 4.78 is 27.3. The van der Waals surface area contributed by atoms with Crippen molar-refractivity contribution in [3.63, 3.8) is 0 Å². The molecule has 15 heavy (non-hydrogen) atoms. The van der Waals surface area contributed by atoms with Gasteiger partial charge in [0.05, 0.1) is 6.04 Å². The van der Waals surface area contributed by atoms with E-state index in [4.69, 9.17) is 6.42 Å². The van der Waals surface area contributed by atoms with Crippen LogP contribution < -0.4 is 4.72 Å². The third-order valence-corrected chi connectivity index (χ3v) is 3.35. The van der Waals surface area contributed by atoms with Crippen LogP contribution in [0.15, 0.2) is 11.2 Å². The Kier molecular flexibility index (Phi) is 3.17. The van der Waals surface area contributed by atoms with Crippen molar-refractivity contribution >= 4 is 10.0 Å². The van der Waals surface area contributed by atoms with Crippen molar-refractivity contribution in [1.82, 2.24) is 14.3 Å². The van der Waals surface area contributed by atoms with Crippen LogP contribution in [0.2, 0.25) is 0 Å². The van der Waals surface area contributed by atoms with Crippen molar-refractivity contribution in [3.8, 4) is 12.3 Å². The van der Waals surface area contributed by atoms with Crippen molar-refractivity contribution in [3.05, 3.63) is 12.0 Å². The zero-order chi connectivity index (χ0) is 11.6. The summed E-state index contributed by atoms with van der Waals surface area (Å²) in [5.74, 6) is 2.92. The first kappa shape index (κ1) is 11.8. The number of aryl methyl sites for hydroxylation is 2. The van der Waals surface area contributed by atoms with Crippen LogP contribution in [0, 0.1) is 19.3 Å². The molecule has 0 aromatic carbocycles. The lowest BCUT2D eigenvalue weighted by atomic mass is 10.4. The van der Waals surface area contributed by atoms with Gasteiger partial charge in [0.2, 0.25) is 0 Å². The molecule has 0 bridgehead atoms. The van der Waals surface area contributed by atoms with E-state index in [1.54, 1.807) is 25.5 Å². The van der Waals surface area contributed by atoms with E-state index in [1.165, 1.54) is 6.20 Å². The Bertz CT molecular complexity index is 476. The molecule has 1 rings (SSSR count). The SMILES string of the molecule is C#CC(C)NS(=O)(=O)c1cn(C)c(C)n1. The van der Waals surface area contributed by atoms with Crippen LogP contribution >= 0.6 is 0 Å². The Morgan fingerprint density at radius 3 is 2.67 bits per heavy atom. The van der Waals surface area contributed by atoms with E-state index in [9.17, 15) is 8.42 Å². The van der Waals surface area contributed by atoms with Gasteiger partial charge in [-0.05, 0) is 13.8 Å². The van der Waals surface area contributed by atoms with Crippen LogP contribution in [0.3, 0.4) is 0 Å². The van der Waals surface area contributed by atoms with Crippen LogP contribution in [-0.4, -0.2) is 24.0 Å². The molecule has 6 heteroatoms. The van der Waals surface area contributed by atoms with E-state index in [2.05, 4.69) is 15.6 Å². The summed E-state index contributed by atoms with van der Waals surface area (Å²) in [5.41, 5.74) is 0. The lowest BCUT2D eigenvalue weighted by Gasteiger charge is -2.05. The Morgan fingerprint density at radius 2 is 2.27 bits per heavy atom. The summed E-state index contributed by atoms with van der Waals surface area (Å²) >= 11 is 0. The maximum Gasteiger partial charge on any atom is 0.260 e. The van der Waals surface area contributed by atoms with Crippen molar-refractivity contribution in [2.45, 2.75) is 24.9 Å². The molecule has 0 spiro atoms. The summed E-state index contributed by atoms with van der Waals surface area (Å²) in [6.45, 7) is 3.32. The highest BCUT2D eigenvalue weighted by molar-refractivity contribution is 7.89. The Morgan fingerprint density at radius 1 is 1.67 bits per heavy atom. The van der Waals surface area contributed by atoms with Crippen LogP contribution in [-0.2, 0) is 17.1 Å². The van der Waals surface area contributed by atoms with Gasteiger partial charge < -0.3 is 4.57 Å². The van der Waals surface area contributed by atoms with E-state index in [0.717, 1.165) is 0 Å². The van der Waals surface area contributed by atoms with Gasteiger partial charge in [-0.15, -0.1) is 6.42 Å². The number of rotatable bonds is 3. The molecule has 1 aromatic rings. The molecule has 0 aliphatic rings. The maximum absolute atomic E-state index is 11.7. The van der Waals surface area contributed by atoms with Crippen LogP contribution in [0.1, 0.15) is 12.7 Å². The van der Waals surface area contributed by atoms with Crippen molar-refractivity contribution in [2.24, 2.45) is 7.05 Å². The number of terminal acetylenes is 1. The van der Waals surface area contributed by atoms with Gasteiger partial charge in [-0.3, -0.25) is 0 Å². The summed E-state index contributed by atoms with van der Waals surface area (Å²) in [4.78, 5) is 3.91. The summed E-state index contributed by atoms with van der Waals surface area (Å²) in [7, 11) is -1.87. The zero-order valence-corrected chi connectivity index (χ0v) is 9.67. The van der Waals surface area contributed by atoms with Gasteiger partial charge >= 0.3 is 0 Å². The molecule has 0 radical (unpaired) electrons. The molecule has 0 amide bonds. The fraction of sp³-hybridized carbons (Fsp3) is 0.444. The molecule has 82 valence electrons. The maximum atomic E-state index is 11.7. The van der Waals surface area contributed by atoms with E-state index in [0.29, 0.717) is 5.82 Å². The van der Waals surface area contributed by atoms with Crippen LogP contribution in [0.25, 0.3) is 0 Å². The fourth-order valence-corrected chi connectivity index (χ4v) is 2.19. The number of imidazole rings is 1. The van der Waals surface area contributed by atoms with Gasteiger partial charge in [-0.25, -0.2) is 13.4 Å². The number of hydrogen-bond acceptors (Lipinski definition) is 3. The molecule has 0 fully saturated rings. The largest absolute Gasteiger partial charge is 0.337 e. The zero-order valence-electron chi connectivity index (χ0n) is 8.85. The van der Waals surface area contributed by atoms with Gasteiger partial charge in [0.15, 0.2) is 5.03 Å². The minimum atomic E-state index is -3.60. The monoisotopic (exact) mass is 227 g/mol. The van der Waals surface area contributed by atoms with Gasteiger partial charge in [0, 0.05) is 13.2 Å². The first-order valence-electron chi connectivity index (χ1n) is 4.35. The first-order valence-corrected chi connectivity index (χ1v) is 5.83. The summed E-state index contributed by atoms with van der Waals surface area (Å²) in [5, 5.41) is -0.00963. The third kappa shape index (κ3) is 2.58. The van der Waals surface area contributed by atoms with E-state index in [1.807, 2.05) is 0 Å². The lowest BCUT2D eigenvalue weighted by Crippen LogP contribution is -2.31. The third-order valence-electron chi connectivity index (χ3n) is 1.94. The minimum absolute atomic E-state index is 0.00963. The second-order valence-corrected chi connectivity index (χ2v) is 4.91. The first-order chi connectivity index (χ1) is 6.86. The molecule has 1 heterocycles. The van der Waals surface area contributed by atoms with Crippen LogP contribution in [0.5, 0.6) is 0 Å². The number of hydrogen-bond donors (Lipinski definition) is 1. The summed E-state index contributed by atoms with van der Waals surface area (Å²) in [6.07, 6.45) is 6.54. The van der Waals surface area contributed by atoms with Gasteiger partial charge in [0.1, 0.15) is 5.82 Å². The molecular formula is C9H13N3O2S. The molecule has 1 N–H and O–H groups in total. The lowest BCUT2D eigenvalue weighted by molar-refractivity contribution is 0.574. The number of aromatic nitrogens is 2. The predicted molar refractivity (Wildman–Crippen MR) is 56.6 cm³/mol. The average Bonchev–Trinajstić information content (AvgIpc) is 2.47. The van der Waals surface area contributed by atoms with E-state index < -0.39 is 16.1 Å². The van der Waals surface area contributed by atoms with E-state index >= 15 is 0 Å². The highest BCUT2D eigenvalue weighted by Gasteiger charge is 2.19. The molecule has 1 unspecified atom stereocenters. The Balaban J connectivity index is 3.03. The number of sulfonamides is 1. The van der Waals surface area contributed by atoms with Crippen molar-refractivity contribution in [2.75, 3.05) is 0 Å². The topological polar surface area (TPSA) is 64.0 Å². The quantitative estimate of drug-likeness (QED) is 0.741. The standard InChI is InChI=1S/C9H13N3O2S/c1-5-7(2)11-15(13,14)9-6-12(4)8(3)10-9/h1,6-7,11H,2-4H3. The number of nitrogens with one attached hydrogen (secondary N) is 1. The molecule has 0 saturated heterocycles. The second kappa shape index (κ2) is 4.04. The summed E-state index contributed by atoms with van der Waals surface area (Å²) in [6, 6.07) is -0.544.